The molecule has 8 heteroatoms. The molecule has 0 unspecified atom stereocenters. The summed E-state index contributed by atoms with van der Waals surface area (Å²) < 4.78 is 10.3. The first-order chi connectivity index (χ1) is 12.4. The van der Waals surface area contributed by atoms with Crippen LogP contribution in [0, 0.1) is 6.92 Å². The standard InChI is InChI=1S/C18H20N2O5S/c1-4-24-12-8-6-11(7-9-12)16(22)20-17-13(15(19)21)10(3)14(26-17)18(23)25-5-2/h6-9H,4-5H2,1-3H3,(H2,19,21)(H,20,22). The summed E-state index contributed by atoms with van der Waals surface area (Å²) in [5.74, 6) is -1.05. The third-order valence-corrected chi connectivity index (χ3v) is 4.70. The summed E-state index contributed by atoms with van der Waals surface area (Å²) in [6.45, 7) is 5.88. The zero-order valence-corrected chi connectivity index (χ0v) is 15.6. The fourth-order valence-electron chi connectivity index (χ4n) is 2.33. The molecular weight excluding hydrogens is 356 g/mol. The van der Waals surface area contributed by atoms with Gasteiger partial charge in [-0.3, -0.25) is 9.59 Å². The van der Waals surface area contributed by atoms with Crippen molar-refractivity contribution in [2.75, 3.05) is 18.5 Å². The number of nitrogens with two attached hydrogens (primary N) is 1. The number of esters is 1. The highest BCUT2D eigenvalue weighted by Crippen LogP contribution is 2.33. The van der Waals surface area contributed by atoms with E-state index >= 15 is 0 Å². The van der Waals surface area contributed by atoms with E-state index in [1.165, 1.54) is 0 Å². The Balaban J connectivity index is 2.29. The van der Waals surface area contributed by atoms with Crippen molar-refractivity contribution in [3.63, 3.8) is 0 Å². The van der Waals surface area contributed by atoms with E-state index < -0.39 is 17.8 Å². The molecule has 0 saturated heterocycles. The lowest BCUT2D eigenvalue weighted by atomic mass is 10.1. The second kappa shape index (κ2) is 8.48. The van der Waals surface area contributed by atoms with E-state index in [1.807, 2.05) is 6.92 Å². The van der Waals surface area contributed by atoms with Crippen molar-refractivity contribution >= 4 is 34.1 Å². The second-order valence-electron chi connectivity index (χ2n) is 5.26. The molecule has 0 radical (unpaired) electrons. The molecule has 7 nitrogen and oxygen atoms in total. The summed E-state index contributed by atoms with van der Waals surface area (Å²) in [6.07, 6.45) is 0. The number of nitrogens with one attached hydrogen (secondary N) is 1. The Morgan fingerprint density at radius 1 is 1.12 bits per heavy atom. The van der Waals surface area contributed by atoms with Gasteiger partial charge in [-0.2, -0.15) is 0 Å². The molecule has 1 heterocycles. The van der Waals surface area contributed by atoms with Crippen molar-refractivity contribution in [2.24, 2.45) is 5.73 Å². The second-order valence-corrected chi connectivity index (χ2v) is 6.28. The molecule has 2 aromatic rings. The molecule has 3 N–H and O–H groups in total. The van der Waals surface area contributed by atoms with Crippen LogP contribution in [0.1, 0.15) is 49.8 Å². The number of primary amides is 1. The number of carbonyl (C=O) groups excluding carboxylic acids is 3. The van der Waals surface area contributed by atoms with Crippen LogP contribution < -0.4 is 15.8 Å². The van der Waals surface area contributed by atoms with Gasteiger partial charge in [0.1, 0.15) is 15.6 Å². The Kier molecular flexibility index (Phi) is 6.35. The summed E-state index contributed by atoms with van der Waals surface area (Å²) >= 11 is 0.965. The maximum Gasteiger partial charge on any atom is 0.348 e. The Labute approximate surface area is 155 Å². The number of ether oxygens (including phenoxy) is 2. The Morgan fingerprint density at radius 3 is 2.31 bits per heavy atom. The lowest BCUT2D eigenvalue weighted by Crippen LogP contribution is -2.17. The molecule has 138 valence electrons. The van der Waals surface area contributed by atoms with Gasteiger partial charge in [0, 0.05) is 5.56 Å². The van der Waals surface area contributed by atoms with Gasteiger partial charge in [0.25, 0.3) is 11.8 Å². The van der Waals surface area contributed by atoms with E-state index in [2.05, 4.69) is 5.32 Å². The third kappa shape index (κ3) is 4.20. The van der Waals surface area contributed by atoms with Crippen molar-refractivity contribution in [3.8, 4) is 5.75 Å². The lowest BCUT2D eigenvalue weighted by Gasteiger charge is -2.06. The highest BCUT2D eigenvalue weighted by molar-refractivity contribution is 7.18. The minimum atomic E-state index is -0.726. The maximum atomic E-state index is 12.5. The lowest BCUT2D eigenvalue weighted by molar-refractivity contribution is 0.0531. The monoisotopic (exact) mass is 376 g/mol. The van der Waals surface area contributed by atoms with E-state index in [1.54, 1.807) is 38.1 Å². The summed E-state index contributed by atoms with van der Waals surface area (Å²) in [6, 6.07) is 6.57. The van der Waals surface area contributed by atoms with Gasteiger partial charge in [-0.05, 0) is 50.6 Å². The van der Waals surface area contributed by atoms with Crippen molar-refractivity contribution in [3.05, 3.63) is 45.8 Å². The van der Waals surface area contributed by atoms with Crippen LogP contribution >= 0.6 is 11.3 Å². The van der Waals surface area contributed by atoms with E-state index in [0.717, 1.165) is 11.3 Å². The molecule has 2 amide bonds. The quantitative estimate of drug-likeness (QED) is 0.722. The number of rotatable bonds is 7. The molecule has 0 saturated carbocycles. The van der Waals surface area contributed by atoms with E-state index in [-0.39, 0.29) is 22.0 Å². The number of carbonyl (C=O) groups is 3. The number of amides is 2. The summed E-state index contributed by atoms with van der Waals surface area (Å²) in [7, 11) is 0. The van der Waals surface area contributed by atoms with Crippen molar-refractivity contribution in [1.29, 1.82) is 0 Å². The summed E-state index contributed by atoms with van der Waals surface area (Å²) in [5, 5.41) is 2.87. The van der Waals surface area contributed by atoms with E-state index in [0.29, 0.717) is 23.5 Å². The van der Waals surface area contributed by atoms with Crippen LogP contribution in [-0.2, 0) is 4.74 Å². The number of thiophene rings is 1. The summed E-state index contributed by atoms with van der Waals surface area (Å²) in [4.78, 5) is 36.5. The average molecular weight is 376 g/mol. The van der Waals surface area contributed by atoms with Gasteiger partial charge in [0.15, 0.2) is 0 Å². The predicted octanol–water partition coefficient (Wildman–Crippen LogP) is 2.98. The average Bonchev–Trinajstić information content (AvgIpc) is 2.92. The van der Waals surface area contributed by atoms with Gasteiger partial charge in [0.05, 0.1) is 18.8 Å². The van der Waals surface area contributed by atoms with Crippen LogP contribution in [0.15, 0.2) is 24.3 Å². The smallest absolute Gasteiger partial charge is 0.348 e. The number of hydrogen-bond donors (Lipinski definition) is 2. The van der Waals surface area contributed by atoms with Crippen molar-refractivity contribution < 1.29 is 23.9 Å². The van der Waals surface area contributed by atoms with Gasteiger partial charge < -0.3 is 20.5 Å². The van der Waals surface area contributed by atoms with Crippen molar-refractivity contribution in [1.82, 2.24) is 0 Å². The molecule has 0 aliphatic carbocycles. The first kappa shape index (κ1) is 19.5. The molecule has 2 rings (SSSR count). The molecule has 0 fully saturated rings. The first-order valence-electron chi connectivity index (χ1n) is 8.03. The van der Waals surface area contributed by atoms with Gasteiger partial charge >= 0.3 is 5.97 Å². The van der Waals surface area contributed by atoms with Gasteiger partial charge in [0.2, 0.25) is 0 Å². The molecule has 26 heavy (non-hydrogen) atoms. The van der Waals surface area contributed by atoms with Crippen LogP contribution in [0.2, 0.25) is 0 Å². The summed E-state index contributed by atoms with van der Waals surface area (Å²) in [5.41, 5.74) is 6.30. The Bertz CT molecular complexity index is 827. The number of anilines is 1. The van der Waals surface area contributed by atoms with Crippen LogP contribution in [0.4, 0.5) is 5.00 Å². The molecule has 0 spiro atoms. The minimum Gasteiger partial charge on any atom is -0.494 e. The fourth-order valence-corrected chi connectivity index (χ4v) is 3.44. The SMILES string of the molecule is CCOC(=O)c1sc(NC(=O)c2ccc(OCC)cc2)c(C(N)=O)c1C. The zero-order chi connectivity index (χ0) is 19.3. The Hall–Kier alpha value is -2.87. The minimum absolute atomic E-state index is 0.109. The Morgan fingerprint density at radius 2 is 1.77 bits per heavy atom. The van der Waals surface area contributed by atoms with E-state index in [4.69, 9.17) is 15.2 Å². The van der Waals surface area contributed by atoms with Gasteiger partial charge in [-0.1, -0.05) is 0 Å². The van der Waals surface area contributed by atoms with Gasteiger partial charge in [-0.25, -0.2) is 4.79 Å². The highest BCUT2D eigenvalue weighted by Gasteiger charge is 2.25. The van der Waals surface area contributed by atoms with Crippen LogP contribution in [0.3, 0.4) is 0 Å². The zero-order valence-electron chi connectivity index (χ0n) is 14.8. The number of hydrogen-bond acceptors (Lipinski definition) is 6. The molecule has 0 aliphatic heterocycles. The molecule has 0 aliphatic rings. The molecule has 1 aromatic heterocycles. The largest absolute Gasteiger partial charge is 0.494 e. The normalized spacial score (nSPS) is 10.3. The highest BCUT2D eigenvalue weighted by atomic mass is 32.1. The van der Waals surface area contributed by atoms with Crippen molar-refractivity contribution in [2.45, 2.75) is 20.8 Å². The molecule has 1 aromatic carbocycles. The fraction of sp³-hybridized carbons (Fsp3) is 0.278. The molecule has 0 atom stereocenters. The predicted molar refractivity (Wildman–Crippen MR) is 99.1 cm³/mol. The van der Waals surface area contributed by atoms with Crippen LogP contribution in [0.5, 0.6) is 5.75 Å². The van der Waals surface area contributed by atoms with Crippen LogP contribution in [0.25, 0.3) is 0 Å². The van der Waals surface area contributed by atoms with E-state index in [9.17, 15) is 14.4 Å². The maximum absolute atomic E-state index is 12.5. The topological polar surface area (TPSA) is 108 Å². The van der Waals surface area contributed by atoms with Gasteiger partial charge in [-0.15, -0.1) is 11.3 Å². The first-order valence-corrected chi connectivity index (χ1v) is 8.85. The molecule has 0 bridgehead atoms. The number of benzene rings is 1. The van der Waals surface area contributed by atoms with Crippen LogP contribution in [-0.4, -0.2) is 31.0 Å². The molecular formula is C18H20N2O5S. The third-order valence-electron chi connectivity index (χ3n) is 3.51.